The highest BCUT2D eigenvalue weighted by Crippen LogP contribution is 2.36. The van der Waals surface area contributed by atoms with Crippen LogP contribution < -0.4 is 15.5 Å². The summed E-state index contributed by atoms with van der Waals surface area (Å²) < 4.78 is 5.61. The number of carbonyl (C=O) groups excluding carboxylic acids is 2. The first-order chi connectivity index (χ1) is 17.0. The van der Waals surface area contributed by atoms with Crippen LogP contribution in [0.1, 0.15) is 16.7 Å². The number of carbonyl (C=O) groups is 2. The molecule has 3 N–H and O–H groups in total. The lowest BCUT2D eigenvalue weighted by atomic mass is 10.1. The number of ether oxygens (including phenoxy) is 1. The Balaban J connectivity index is 1.54. The van der Waals surface area contributed by atoms with Gasteiger partial charge in [-0.1, -0.05) is 60.7 Å². The van der Waals surface area contributed by atoms with E-state index < -0.39 is 5.91 Å². The number of aliphatic imine (C=N–C) groups is 1. The maximum atomic E-state index is 13.2. The SMILES string of the molecule is COc1cc(/C=C2\N=C(c3ccccc3)N(NCC(=O)NCc3ccccc3)C2=O)cc(Br)c1O. The summed E-state index contributed by atoms with van der Waals surface area (Å²) in [4.78, 5) is 30.2. The van der Waals surface area contributed by atoms with Crippen molar-refractivity contribution < 1.29 is 19.4 Å². The van der Waals surface area contributed by atoms with E-state index in [-0.39, 0.29) is 29.6 Å². The molecule has 35 heavy (non-hydrogen) atoms. The summed E-state index contributed by atoms with van der Waals surface area (Å²) in [5.74, 6) is -0.0798. The van der Waals surface area contributed by atoms with E-state index in [9.17, 15) is 14.7 Å². The summed E-state index contributed by atoms with van der Waals surface area (Å²) in [6, 6.07) is 22.0. The lowest BCUT2D eigenvalue weighted by Crippen LogP contribution is -2.48. The Morgan fingerprint density at radius 1 is 1.11 bits per heavy atom. The zero-order chi connectivity index (χ0) is 24.8. The van der Waals surface area contributed by atoms with Gasteiger partial charge in [0.25, 0.3) is 5.91 Å². The molecule has 0 aliphatic carbocycles. The third kappa shape index (κ3) is 5.76. The summed E-state index contributed by atoms with van der Waals surface area (Å²) in [5.41, 5.74) is 5.36. The Morgan fingerprint density at radius 2 is 1.80 bits per heavy atom. The fraction of sp³-hybridized carbons (Fsp3) is 0.115. The van der Waals surface area contributed by atoms with Gasteiger partial charge in [0.1, 0.15) is 5.70 Å². The monoisotopic (exact) mass is 534 g/mol. The van der Waals surface area contributed by atoms with Crippen LogP contribution in [0.15, 0.2) is 88.0 Å². The van der Waals surface area contributed by atoms with Gasteiger partial charge in [0, 0.05) is 12.1 Å². The van der Waals surface area contributed by atoms with E-state index in [4.69, 9.17) is 4.74 Å². The van der Waals surface area contributed by atoms with Crippen molar-refractivity contribution in [2.24, 2.45) is 4.99 Å². The molecule has 2 amide bonds. The first-order valence-corrected chi connectivity index (χ1v) is 11.6. The predicted molar refractivity (Wildman–Crippen MR) is 136 cm³/mol. The Bertz CT molecular complexity index is 1290. The molecule has 0 aromatic heterocycles. The van der Waals surface area contributed by atoms with Gasteiger partial charge < -0.3 is 15.2 Å². The quantitative estimate of drug-likeness (QED) is 0.383. The molecule has 3 aromatic rings. The minimum atomic E-state index is -0.414. The van der Waals surface area contributed by atoms with E-state index >= 15 is 0 Å². The Kier molecular flexibility index (Phi) is 7.59. The summed E-state index contributed by atoms with van der Waals surface area (Å²) >= 11 is 3.29. The Morgan fingerprint density at radius 3 is 2.49 bits per heavy atom. The zero-order valence-electron chi connectivity index (χ0n) is 18.9. The number of benzene rings is 3. The average Bonchev–Trinajstić information content (AvgIpc) is 3.19. The molecule has 178 valence electrons. The van der Waals surface area contributed by atoms with Crippen LogP contribution in [-0.2, 0) is 16.1 Å². The third-order valence-corrected chi connectivity index (χ3v) is 5.80. The van der Waals surface area contributed by atoms with Gasteiger partial charge >= 0.3 is 0 Å². The molecule has 1 heterocycles. The summed E-state index contributed by atoms with van der Waals surface area (Å²) in [6.07, 6.45) is 1.59. The molecule has 1 aliphatic heterocycles. The van der Waals surface area contributed by atoms with Crippen LogP contribution in [0, 0.1) is 0 Å². The Hall–Kier alpha value is -3.95. The van der Waals surface area contributed by atoms with E-state index in [1.165, 1.54) is 12.1 Å². The number of nitrogens with zero attached hydrogens (tertiary/aromatic N) is 2. The normalized spacial score (nSPS) is 14.2. The van der Waals surface area contributed by atoms with Gasteiger partial charge in [-0.25, -0.2) is 15.4 Å². The van der Waals surface area contributed by atoms with Crippen molar-refractivity contribution in [3.8, 4) is 11.5 Å². The molecule has 0 saturated carbocycles. The zero-order valence-corrected chi connectivity index (χ0v) is 20.5. The minimum Gasteiger partial charge on any atom is -0.503 e. The molecule has 9 heteroatoms. The second-order valence-corrected chi connectivity index (χ2v) is 8.48. The summed E-state index contributed by atoms with van der Waals surface area (Å²) in [5, 5.41) is 14.2. The number of nitrogens with one attached hydrogen (secondary N) is 2. The van der Waals surface area contributed by atoms with Crippen molar-refractivity contribution in [3.05, 3.63) is 99.7 Å². The van der Waals surface area contributed by atoms with Crippen molar-refractivity contribution in [3.63, 3.8) is 0 Å². The van der Waals surface area contributed by atoms with E-state index in [0.717, 1.165) is 5.56 Å². The highest BCUT2D eigenvalue weighted by Gasteiger charge is 2.31. The van der Waals surface area contributed by atoms with Gasteiger partial charge in [-0.3, -0.25) is 9.59 Å². The minimum absolute atomic E-state index is 0.0364. The molecule has 0 unspecified atom stereocenters. The van der Waals surface area contributed by atoms with Gasteiger partial charge in [0.15, 0.2) is 17.3 Å². The van der Waals surface area contributed by atoms with Crippen molar-refractivity contribution in [1.82, 2.24) is 15.8 Å². The molecule has 4 rings (SSSR count). The van der Waals surface area contributed by atoms with E-state index in [0.29, 0.717) is 28.0 Å². The lowest BCUT2D eigenvalue weighted by molar-refractivity contribution is -0.126. The van der Waals surface area contributed by atoms with Gasteiger partial charge in [0.05, 0.1) is 18.1 Å². The fourth-order valence-corrected chi connectivity index (χ4v) is 3.90. The van der Waals surface area contributed by atoms with Gasteiger partial charge in [-0.15, -0.1) is 0 Å². The van der Waals surface area contributed by atoms with Crippen LogP contribution in [-0.4, -0.2) is 41.4 Å². The topological polar surface area (TPSA) is 103 Å². The Labute approximate surface area is 211 Å². The smallest absolute Gasteiger partial charge is 0.292 e. The molecule has 1 aliphatic rings. The molecule has 0 bridgehead atoms. The molecular formula is C26H23BrN4O4. The number of hydrogen-bond acceptors (Lipinski definition) is 6. The second kappa shape index (κ2) is 11.0. The van der Waals surface area contributed by atoms with Crippen LogP contribution in [0.2, 0.25) is 0 Å². The number of rotatable bonds is 8. The third-order valence-electron chi connectivity index (χ3n) is 5.20. The van der Waals surface area contributed by atoms with Gasteiger partial charge in [0.2, 0.25) is 5.91 Å². The molecule has 0 atom stereocenters. The number of phenols is 1. The van der Waals surface area contributed by atoms with E-state index in [1.807, 2.05) is 60.7 Å². The number of hydrazine groups is 1. The van der Waals surface area contributed by atoms with Crippen molar-refractivity contribution in [2.45, 2.75) is 6.54 Å². The van der Waals surface area contributed by atoms with Gasteiger partial charge in [-0.2, -0.15) is 0 Å². The maximum absolute atomic E-state index is 13.2. The molecule has 0 saturated heterocycles. The second-order valence-electron chi connectivity index (χ2n) is 7.62. The largest absolute Gasteiger partial charge is 0.503 e. The standard InChI is InChI=1S/C26H23BrN4O4/c1-35-22-14-18(12-20(27)24(22)33)13-21-26(34)31(25(30-21)19-10-6-3-7-11-19)29-16-23(32)28-15-17-8-4-2-5-9-17/h2-14,29,33H,15-16H2,1H3,(H,28,32)/b21-13-. The molecule has 0 fully saturated rings. The fourth-order valence-electron chi connectivity index (χ4n) is 3.44. The molecule has 0 spiro atoms. The molecule has 3 aromatic carbocycles. The van der Waals surface area contributed by atoms with E-state index in [1.54, 1.807) is 18.2 Å². The van der Waals surface area contributed by atoms with E-state index in [2.05, 4.69) is 31.7 Å². The van der Waals surface area contributed by atoms with Crippen LogP contribution in [0.4, 0.5) is 0 Å². The predicted octanol–water partition coefficient (Wildman–Crippen LogP) is 3.61. The number of methoxy groups -OCH3 is 1. The maximum Gasteiger partial charge on any atom is 0.292 e. The number of aromatic hydroxyl groups is 1. The van der Waals surface area contributed by atoms with Crippen LogP contribution in [0.5, 0.6) is 11.5 Å². The van der Waals surface area contributed by atoms with Crippen LogP contribution >= 0.6 is 15.9 Å². The van der Waals surface area contributed by atoms with Gasteiger partial charge in [-0.05, 0) is 45.3 Å². The average molecular weight is 535 g/mol. The number of amides is 2. The molecule has 8 nitrogen and oxygen atoms in total. The van der Waals surface area contributed by atoms with Crippen molar-refractivity contribution in [2.75, 3.05) is 13.7 Å². The number of hydrogen-bond donors (Lipinski definition) is 3. The number of phenolic OH excluding ortho intramolecular Hbond substituents is 1. The van der Waals surface area contributed by atoms with Crippen LogP contribution in [0.3, 0.4) is 0 Å². The van der Waals surface area contributed by atoms with Crippen molar-refractivity contribution in [1.29, 1.82) is 0 Å². The highest BCUT2D eigenvalue weighted by molar-refractivity contribution is 9.10. The lowest BCUT2D eigenvalue weighted by Gasteiger charge is -2.19. The summed E-state index contributed by atoms with van der Waals surface area (Å²) in [6.45, 7) is 0.272. The highest BCUT2D eigenvalue weighted by atomic mass is 79.9. The number of halogens is 1. The number of amidine groups is 1. The molecular weight excluding hydrogens is 512 g/mol. The summed E-state index contributed by atoms with van der Waals surface area (Å²) in [7, 11) is 1.44. The van der Waals surface area contributed by atoms with Crippen molar-refractivity contribution >= 4 is 39.7 Å². The van der Waals surface area contributed by atoms with Crippen LogP contribution in [0.25, 0.3) is 6.08 Å². The molecule has 0 radical (unpaired) electrons. The first kappa shape index (κ1) is 24.2. The first-order valence-electron chi connectivity index (χ1n) is 10.8.